The zero-order chi connectivity index (χ0) is 14.1. The van der Waals surface area contributed by atoms with Crippen LogP contribution in [-0.4, -0.2) is 12.4 Å². The van der Waals surface area contributed by atoms with Crippen LogP contribution in [0.1, 0.15) is 22.8 Å². The van der Waals surface area contributed by atoms with E-state index in [0.717, 1.165) is 13.0 Å². The van der Waals surface area contributed by atoms with Gasteiger partial charge in [-0.2, -0.15) is 22.0 Å². The van der Waals surface area contributed by atoms with Crippen LogP contribution in [0.15, 0.2) is 12.1 Å². The van der Waals surface area contributed by atoms with E-state index in [0.29, 0.717) is 6.07 Å². The number of ether oxygens (including phenoxy) is 1. The molecule has 0 heterocycles. The minimum Gasteiger partial charge on any atom is -0.435 e. The Kier molecular flexibility index (Phi) is 4.51. The summed E-state index contributed by atoms with van der Waals surface area (Å²) in [6.45, 7) is -2.25. The number of Topliss-reactive ketones (excluding diaryl/α,β-unsaturated/α-hetero) is 1. The zero-order valence-electron chi connectivity index (χ0n) is 8.82. The maximum atomic E-state index is 12.7. The van der Waals surface area contributed by atoms with Crippen LogP contribution in [0.5, 0.6) is 5.75 Å². The summed E-state index contributed by atoms with van der Waals surface area (Å²) in [7, 11) is 0. The molecule has 0 aliphatic rings. The number of rotatable bonds is 3. The average Bonchev–Trinajstić information content (AvgIpc) is 2.12. The SMILES string of the molecule is CC(=O)c1cc(OC(F)F)cc(I)c1C(F)(F)F. The van der Waals surface area contributed by atoms with Gasteiger partial charge < -0.3 is 4.74 Å². The molecule has 0 atom stereocenters. The molecule has 0 aliphatic heterocycles. The molecule has 8 heteroatoms. The Labute approximate surface area is 112 Å². The quantitative estimate of drug-likeness (QED) is 0.448. The second kappa shape index (κ2) is 5.37. The molecule has 1 rings (SSSR count). The van der Waals surface area contributed by atoms with Gasteiger partial charge in [-0.05, 0) is 41.6 Å². The number of ketones is 1. The van der Waals surface area contributed by atoms with E-state index in [4.69, 9.17) is 0 Å². The van der Waals surface area contributed by atoms with Crippen LogP contribution in [0.25, 0.3) is 0 Å². The summed E-state index contributed by atoms with van der Waals surface area (Å²) >= 11 is 1.32. The molecular weight excluding hydrogens is 374 g/mol. The summed E-state index contributed by atoms with van der Waals surface area (Å²) < 4.78 is 65.8. The number of benzene rings is 1. The van der Waals surface area contributed by atoms with Crippen LogP contribution >= 0.6 is 22.6 Å². The van der Waals surface area contributed by atoms with Crippen molar-refractivity contribution in [2.75, 3.05) is 0 Å². The molecule has 0 aliphatic carbocycles. The van der Waals surface area contributed by atoms with Crippen molar-refractivity contribution >= 4 is 28.4 Å². The Bertz CT molecular complexity index is 470. The molecule has 1 aromatic rings. The van der Waals surface area contributed by atoms with Crippen LogP contribution in [-0.2, 0) is 6.18 Å². The first-order chi connectivity index (χ1) is 8.12. The lowest BCUT2D eigenvalue weighted by Crippen LogP contribution is -2.15. The molecule has 18 heavy (non-hydrogen) atoms. The predicted molar refractivity (Wildman–Crippen MR) is 60.8 cm³/mol. The maximum Gasteiger partial charge on any atom is 0.418 e. The standard InChI is InChI=1S/C10H6F5IO2/c1-4(17)6-2-5(18-9(11)12)3-7(16)8(6)10(13,14)15/h2-3,9H,1H3. The van der Waals surface area contributed by atoms with Gasteiger partial charge in [0.25, 0.3) is 0 Å². The van der Waals surface area contributed by atoms with Crippen molar-refractivity contribution in [1.82, 2.24) is 0 Å². The van der Waals surface area contributed by atoms with Gasteiger partial charge in [-0.15, -0.1) is 0 Å². The average molecular weight is 380 g/mol. The van der Waals surface area contributed by atoms with E-state index in [1.54, 1.807) is 0 Å². The van der Waals surface area contributed by atoms with Gasteiger partial charge in [0, 0.05) is 9.13 Å². The highest BCUT2D eigenvalue weighted by atomic mass is 127. The number of hydrogen-bond donors (Lipinski definition) is 0. The van der Waals surface area contributed by atoms with Crippen LogP contribution < -0.4 is 4.74 Å². The molecule has 0 saturated heterocycles. The predicted octanol–water partition coefficient (Wildman–Crippen LogP) is 4.11. The molecule has 0 aromatic heterocycles. The molecule has 0 spiro atoms. The van der Waals surface area contributed by atoms with Gasteiger partial charge in [-0.1, -0.05) is 0 Å². The Morgan fingerprint density at radius 3 is 2.28 bits per heavy atom. The van der Waals surface area contributed by atoms with E-state index in [9.17, 15) is 26.7 Å². The Balaban J connectivity index is 3.41. The highest BCUT2D eigenvalue weighted by Gasteiger charge is 2.37. The van der Waals surface area contributed by atoms with E-state index in [2.05, 4.69) is 4.74 Å². The first-order valence-corrected chi connectivity index (χ1v) is 5.57. The third-order valence-electron chi connectivity index (χ3n) is 1.95. The van der Waals surface area contributed by atoms with Crippen molar-refractivity contribution in [3.63, 3.8) is 0 Å². The van der Waals surface area contributed by atoms with E-state index in [1.165, 1.54) is 22.6 Å². The molecule has 0 saturated carbocycles. The molecule has 0 radical (unpaired) electrons. The zero-order valence-corrected chi connectivity index (χ0v) is 11.0. The summed E-state index contributed by atoms with van der Waals surface area (Å²) in [4.78, 5) is 11.2. The molecule has 0 fully saturated rings. The number of alkyl halides is 5. The Morgan fingerprint density at radius 1 is 1.33 bits per heavy atom. The van der Waals surface area contributed by atoms with Gasteiger partial charge in [0.2, 0.25) is 0 Å². The van der Waals surface area contributed by atoms with Crippen LogP contribution in [0.3, 0.4) is 0 Å². The number of carbonyl (C=O) groups is 1. The van der Waals surface area contributed by atoms with E-state index >= 15 is 0 Å². The molecule has 0 N–H and O–H groups in total. The fraction of sp³-hybridized carbons (Fsp3) is 0.300. The normalized spacial score (nSPS) is 11.8. The summed E-state index contributed by atoms with van der Waals surface area (Å²) in [5.74, 6) is -1.35. The van der Waals surface area contributed by atoms with Gasteiger partial charge in [0.15, 0.2) is 5.78 Å². The van der Waals surface area contributed by atoms with Crippen molar-refractivity contribution in [2.45, 2.75) is 19.7 Å². The van der Waals surface area contributed by atoms with Gasteiger partial charge in [-0.25, -0.2) is 0 Å². The molecular formula is C10H6F5IO2. The van der Waals surface area contributed by atoms with Gasteiger partial charge >= 0.3 is 12.8 Å². The van der Waals surface area contributed by atoms with Crippen molar-refractivity contribution in [3.8, 4) is 5.75 Å². The third-order valence-corrected chi connectivity index (χ3v) is 2.80. The van der Waals surface area contributed by atoms with Gasteiger partial charge in [0.05, 0.1) is 5.56 Å². The largest absolute Gasteiger partial charge is 0.435 e. The molecule has 100 valence electrons. The maximum absolute atomic E-state index is 12.7. The van der Waals surface area contributed by atoms with Crippen LogP contribution in [0, 0.1) is 3.57 Å². The fourth-order valence-corrected chi connectivity index (χ4v) is 2.22. The number of halogens is 6. The lowest BCUT2D eigenvalue weighted by molar-refractivity contribution is -0.138. The van der Waals surface area contributed by atoms with E-state index in [-0.39, 0.29) is 3.57 Å². The minimum atomic E-state index is -4.74. The molecule has 0 unspecified atom stereocenters. The Morgan fingerprint density at radius 2 is 1.89 bits per heavy atom. The summed E-state index contributed by atoms with van der Waals surface area (Å²) in [5.41, 5.74) is -1.83. The molecule has 2 nitrogen and oxygen atoms in total. The fourth-order valence-electron chi connectivity index (χ4n) is 1.32. The second-order valence-corrected chi connectivity index (χ2v) is 4.42. The Hall–Kier alpha value is -0.930. The summed E-state index contributed by atoms with van der Waals surface area (Å²) in [6, 6.07) is 1.47. The smallest absolute Gasteiger partial charge is 0.418 e. The number of carbonyl (C=O) groups excluding carboxylic acids is 1. The first-order valence-electron chi connectivity index (χ1n) is 4.49. The van der Waals surface area contributed by atoms with Crippen LogP contribution in [0.4, 0.5) is 22.0 Å². The lowest BCUT2D eigenvalue weighted by atomic mass is 10.0. The van der Waals surface area contributed by atoms with Crippen molar-refractivity contribution in [3.05, 3.63) is 26.8 Å². The van der Waals surface area contributed by atoms with E-state index < -0.39 is 35.4 Å². The highest BCUT2D eigenvalue weighted by Crippen LogP contribution is 2.38. The third kappa shape index (κ3) is 3.53. The van der Waals surface area contributed by atoms with Gasteiger partial charge in [0.1, 0.15) is 5.75 Å². The first kappa shape index (κ1) is 15.1. The highest BCUT2D eigenvalue weighted by molar-refractivity contribution is 14.1. The molecule has 1 aromatic carbocycles. The van der Waals surface area contributed by atoms with E-state index in [1.807, 2.05) is 0 Å². The summed E-state index contributed by atoms with van der Waals surface area (Å²) in [6.07, 6.45) is -4.74. The minimum absolute atomic E-state index is 0.372. The second-order valence-electron chi connectivity index (χ2n) is 3.26. The van der Waals surface area contributed by atoms with Gasteiger partial charge in [-0.3, -0.25) is 4.79 Å². The lowest BCUT2D eigenvalue weighted by Gasteiger charge is -2.15. The molecule has 0 amide bonds. The summed E-state index contributed by atoms with van der Waals surface area (Å²) in [5, 5.41) is 0. The molecule has 0 bridgehead atoms. The van der Waals surface area contributed by atoms with Crippen molar-refractivity contribution in [2.24, 2.45) is 0 Å². The van der Waals surface area contributed by atoms with Crippen molar-refractivity contribution in [1.29, 1.82) is 0 Å². The number of hydrogen-bond acceptors (Lipinski definition) is 2. The van der Waals surface area contributed by atoms with Crippen molar-refractivity contribution < 1.29 is 31.5 Å². The monoisotopic (exact) mass is 380 g/mol. The topological polar surface area (TPSA) is 26.3 Å². The van der Waals surface area contributed by atoms with Crippen LogP contribution in [0.2, 0.25) is 0 Å².